The molecule has 0 atom stereocenters. The summed E-state index contributed by atoms with van der Waals surface area (Å²) >= 11 is 1.82. The number of anilines is 1. The molecule has 0 fully saturated rings. The Morgan fingerprint density at radius 1 is 1.37 bits per heavy atom. The van der Waals surface area contributed by atoms with Crippen molar-refractivity contribution in [1.29, 1.82) is 0 Å². The van der Waals surface area contributed by atoms with E-state index in [1.165, 1.54) is 0 Å². The molecule has 0 amide bonds. The lowest BCUT2D eigenvalue weighted by atomic mass is 10.0. The van der Waals surface area contributed by atoms with E-state index >= 15 is 0 Å². The summed E-state index contributed by atoms with van der Waals surface area (Å²) in [4.78, 5) is 10.8. The molecule has 5 heteroatoms. The zero-order chi connectivity index (χ0) is 14.5. The number of hydrogen-bond acceptors (Lipinski definition) is 4. The summed E-state index contributed by atoms with van der Waals surface area (Å²) in [5.41, 5.74) is 1.49. The molecule has 0 spiro atoms. The minimum atomic E-state index is -0.309. The Hall–Kier alpha value is -1.23. The van der Waals surface area contributed by atoms with Crippen LogP contribution in [0.1, 0.15) is 32.3 Å². The molecule has 106 valence electrons. The fraction of sp³-hybridized carbons (Fsp3) is 0.571. The van der Waals surface area contributed by atoms with Crippen molar-refractivity contribution < 1.29 is 4.92 Å². The zero-order valence-corrected chi connectivity index (χ0v) is 12.8. The van der Waals surface area contributed by atoms with E-state index in [-0.39, 0.29) is 15.4 Å². The molecule has 1 rings (SSSR count). The fourth-order valence-electron chi connectivity index (χ4n) is 2.16. The van der Waals surface area contributed by atoms with Gasteiger partial charge in [-0.05, 0) is 32.1 Å². The molecule has 0 saturated heterocycles. The van der Waals surface area contributed by atoms with Gasteiger partial charge in [-0.3, -0.25) is 10.1 Å². The van der Waals surface area contributed by atoms with Gasteiger partial charge in [-0.1, -0.05) is 26.0 Å². The van der Waals surface area contributed by atoms with Gasteiger partial charge in [0.1, 0.15) is 5.69 Å². The van der Waals surface area contributed by atoms with Crippen molar-refractivity contribution in [3.05, 3.63) is 33.9 Å². The normalized spacial score (nSPS) is 11.4. The number of nitro groups is 1. The van der Waals surface area contributed by atoms with Gasteiger partial charge in [0.25, 0.3) is 5.69 Å². The second kappa shape index (κ2) is 6.80. The molecule has 1 aromatic carbocycles. The van der Waals surface area contributed by atoms with Crippen molar-refractivity contribution in [3.63, 3.8) is 0 Å². The molecule has 19 heavy (non-hydrogen) atoms. The van der Waals surface area contributed by atoms with Crippen LogP contribution in [0.4, 0.5) is 11.4 Å². The summed E-state index contributed by atoms with van der Waals surface area (Å²) in [6.07, 6.45) is 4.17. The molecule has 0 aliphatic heterocycles. The number of para-hydroxylation sites is 1. The van der Waals surface area contributed by atoms with E-state index < -0.39 is 0 Å². The predicted octanol–water partition coefficient (Wildman–Crippen LogP) is 4.24. The summed E-state index contributed by atoms with van der Waals surface area (Å²) in [7, 11) is 0. The average Bonchev–Trinajstić information content (AvgIpc) is 2.40. The van der Waals surface area contributed by atoms with Crippen molar-refractivity contribution in [3.8, 4) is 0 Å². The Morgan fingerprint density at radius 3 is 2.47 bits per heavy atom. The molecule has 0 heterocycles. The molecule has 0 aromatic heterocycles. The van der Waals surface area contributed by atoms with Gasteiger partial charge in [0.15, 0.2) is 0 Å². The Bertz CT molecular complexity index is 437. The number of rotatable bonds is 7. The highest BCUT2D eigenvalue weighted by Gasteiger charge is 2.26. The minimum absolute atomic E-state index is 0.137. The highest BCUT2D eigenvalue weighted by molar-refractivity contribution is 8.00. The maximum absolute atomic E-state index is 11.1. The molecule has 0 aliphatic rings. The van der Waals surface area contributed by atoms with Gasteiger partial charge in [0.2, 0.25) is 0 Å². The summed E-state index contributed by atoms with van der Waals surface area (Å²) in [6.45, 7) is 6.83. The quantitative estimate of drug-likeness (QED) is 0.600. The SMILES string of the molecule is CCC(CC)(CNc1cccc(C)c1[N+](=O)[O-])SC. The first-order valence-electron chi connectivity index (χ1n) is 6.52. The van der Waals surface area contributed by atoms with E-state index in [2.05, 4.69) is 25.4 Å². The molecule has 0 unspecified atom stereocenters. The lowest BCUT2D eigenvalue weighted by Gasteiger charge is -2.30. The van der Waals surface area contributed by atoms with Crippen molar-refractivity contribution in [1.82, 2.24) is 0 Å². The van der Waals surface area contributed by atoms with Gasteiger partial charge < -0.3 is 5.32 Å². The Labute approximate surface area is 119 Å². The third-order valence-corrected chi connectivity index (χ3v) is 5.33. The van der Waals surface area contributed by atoms with Crippen LogP contribution >= 0.6 is 11.8 Å². The van der Waals surface area contributed by atoms with Crippen LogP contribution < -0.4 is 5.32 Å². The summed E-state index contributed by atoms with van der Waals surface area (Å²) in [5, 5.41) is 14.4. The highest BCUT2D eigenvalue weighted by Crippen LogP contribution is 2.33. The third-order valence-electron chi connectivity index (χ3n) is 3.74. The Morgan fingerprint density at radius 2 is 2.00 bits per heavy atom. The van der Waals surface area contributed by atoms with Crippen molar-refractivity contribution in [2.24, 2.45) is 0 Å². The van der Waals surface area contributed by atoms with Gasteiger partial charge in [-0.2, -0.15) is 11.8 Å². The van der Waals surface area contributed by atoms with E-state index in [9.17, 15) is 10.1 Å². The van der Waals surface area contributed by atoms with E-state index in [1.54, 1.807) is 19.1 Å². The second-order valence-corrected chi connectivity index (χ2v) is 5.95. The number of nitrogens with one attached hydrogen (secondary N) is 1. The lowest BCUT2D eigenvalue weighted by molar-refractivity contribution is -0.384. The third kappa shape index (κ3) is 3.62. The summed E-state index contributed by atoms with van der Waals surface area (Å²) in [5.74, 6) is 0. The molecule has 0 radical (unpaired) electrons. The predicted molar refractivity (Wildman–Crippen MR) is 83.2 cm³/mol. The minimum Gasteiger partial charge on any atom is -0.378 e. The number of nitrogens with zero attached hydrogens (tertiary/aromatic N) is 1. The topological polar surface area (TPSA) is 55.2 Å². The number of aryl methyl sites for hydroxylation is 1. The molecule has 4 nitrogen and oxygen atoms in total. The first-order chi connectivity index (χ1) is 8.99. The number of hydrogen-bond donors (Lipinski definition) is 1. The molecular weight excluding hydrogens is 260 g/mol. The molecule has 1 N–H and O–H groups in total. The van der Waals surface area contributed by atoms with E-state index in [0.29, 0.717) is 11.3 Å². The molecule has 0 saturated carbocycles. The largest absolute Gasteiger partial charge is 0.378 e. The van der Waals surface area contributed by atoms with Crippen molar-refractivity contribution >= 4 is 23.1 Å². The summed E-state index contributed by atoms with van der Waals surface area (Å²) < 4.78 is 0.137. The van der Waals surface area contributed by atoms with Crippen molar-refractivity contribution in [2.75, 3.05) is 18.1 Å². The van der Waals surface area contributed by atoms with Crippen LogP contribution in [0.5, 0.6) is 0 Å². The molecule has 1 aromatic rings. The Balaban J connectivity index is 2.95. The number of benzene rings is 1. The maximum Gasteiger partial charge on any atom is 0.295 e. The van der Waals surface area contributed by atoms with Crippen LogP contribution in [0.3, 0.4) is 0 Å². The monoisotopic (exact) mass is 282 g/mol. The molecule has 0 bridgehead atoms. The van der Waals surface area contributed by atoms with Gasteiger partial charge >= 0.3 is 0 Å². The van der Waals surface area contributed by atoms with Gasteiger partial charge in [0, 0.05) is 16.9 Å². The second-order valence-electron chi connectivity index (χ2n) is 4.68. The molecule has 0 aliphatic carbocycles. The van der Waals surface area contributed by atoms with Crippen LogP contribution in [0.15, 0.2) is 18.2 Å². The Kier molecular flexibility index (Phi) is 5.66. The van der Waals surface area contributed by atoms with Crippen LogP contribution in [0.2, 0.25) is 0 Å². The lowest BCUT2D eigenvalue weighted by Crippen LogP contribution is -2.32. The summed E-state index contributed by atoms with van der Waals surface area (Å²) in [6, 6.07) is 5.40. The van der Waals surface area contributed by atoms with Crippen LogP contribution in [-0.2, 0) is 0 Å². The van der Waals surface area contributed by atoms with E-state index in [4.69, 9.17) is 0 Å². The van der Waals surface area contributed by atoms with Gasteiger partial charge in [-0.15, -0.1) is 0 Å². The first kappa shape index (κ1) is 15.8. The molecular formula is C14H22N2O2S. The van der Waals surface area contributed by atoms with E-state index in [0.717, 1.165) is 19.4 Å². The van der Waals surface area contributed by atoms with Gasteiger partial charge in [-0.25, -0.2) is 0 Å². The maximum atomic E-state index is 11.1. The zero-order valence-electron chi connectivity index (χ0n) is 12.0. The fourth-order valence-corrected chi connectivity index (χ4v) is 2.95. The number of thioether (sulfide) groups is 1. The smallest absolute Gasteiger partial charge is 0.295 e. The van der Waals surface area contributed by atoms with Crippen LogP contribution in [0, 0.1) is 17.0 Å². The van der Waals surface area contributed by atoms with Crippen molar-refractivity contribution in [2.45, 2.75) is 38.4 Å². The number of nitro benzene ring substituents is 1. The van der Waals surface area contributed by atoms with Crippen LogP contribution in [0.25, 0.3) is 0 Å². The van der Waals surface area contributed by atoms with Gasteiger partial charge in [0.05, 0.1) is 4.92 Å². The first-order valence-corrected chi connectivity index (χ1v) is 7.75. The highest BCUT2D eigenvalue weighted by atomic mass is 32.2. The standard InChI is InChI=1S/C14H22N2O2S/c1-5-14(6-2,19-4)10-15-12-9-7-8-11(3)13(12)16(17)18/h7-9,15H,5-6,10H2,1-4H3. The van der Waals surface area contributed by atoms with Crippen LogP contribution in [-0.4, -0.2) is 22.5 Å². The van der Waals surface area contributed by atoms with E-state index in [1.807, 2.05) is 17.8 Å². The average molecular weight is 282 g/mol.